The summed E-state index contributed by atoms with van der Waals surface area (Å²) < 4.78 is 0. The molecular weight excluding hydrogens is 282 g/mol. The van der Waals surface area contributed by atoms with Gasteiger partial charge in [0.25, 0.3) is 5.91 Å². The molecule has 3 N–H and O–H groups in total. The van der Waals surface area contributed by atoms with Crippen molar-refractivity contribution in [3.8, 4) is 0 Å². The lowest BCUT2D eigenvalue weighted by Gasteiger charge is -2.33. The summed E-state index contributed by atoms with van der Waals surface area (Å²) >= 11 is 0. The van der Waals surface area contributed by atoms with E-state index in [1.165, 1.54) is 0 Å². The van der Waals surface area contributed by atoms with Gasteiger partial charge in [0.15, 0.2) is 0 Å². The van der Waals surface area contributed by atoms with E-state index in [4.69, 9.17) is 16.0 Å². The third kappa shape index (κ3) is 2.93. The molecule has 0 bridgehead atoms. The van der Waals surface area contributed by atoms with Crippen LogP contribution < -0.4 is 5.73 Å². The van der Waals surface area contributed by atoms with Gasteiger partial charge in [0.1, 0.15) is 11.5 Å². The number of carbonyl (C=O) groups is 1. The van der Waals surface area contributed by atoms with Gasteiger partial charge < -0.3 is 15.5 Å². The van der Waals surface area contributed by atoms with Crippen molar-refractivity contribution < 1.29 is 9.63 Å². The summed E-state index contributed by atoms with van der Waals surface area (Å²) in [5.41, 5.74) is 6.85. The van der Waals surface area contributed by atoms with Crippen molar-refractivity contribution in [3.05, 3.63) is 30.1 Å². The molecule has 1 aromatic rings. The fourth-order valence-corrected chi connectivity index (χ4v) is 2.89. The number of carbonyl (C=O) groups excluding carboxylic acids is 1. The Morgan fingerprint density at radius 1 is 1.36 bits per heavy atom. The minimum Gasteiger partial charge on any atom is -0.382 e. The molecule has 1 aromatic heterocycles. The van der Waals surface area contributed by atoms with Crippen LogP contribution in [-0.2, 0) is 9.63 Å². The van der Waals surface area contributed by atoms with Crippen molar-refractivity contribution in [2.75, 3.05) is 13.1 Å². The van der Waals surface area contributed by atoms with Crippen LogP contribution in [0.15, 0.2) is 29.6 Å². The number of hydrogen-bond donors (Lipinski definition) is 2. The Morgan fingerprint density at radius 3 is 2.73 bits per heavy atom. The van der Waals surface area contributed by atoms with Gasteiger partial charge in [-0.1, -0.05) is 11.2 Å². The molecule has 7 heteroatoms. The SMILES string of the molecule is N=C(c1ccccn1)N1CCC(C2=NOC(C(N)=O)C2)CC1. The Balaban J connectivity index is 1.55. The number of nitrogens with zero attached hydrogens (tertiary/aromatic N) is 3. The first-order chi connectivity index (χ1) is 10.6. The third-order valence-corrected chi connectivity index (χ3v) is 4.20. The standard InChI is InChI=1S/C15H19N5O2/c16-14(11-3-1-2-6-18-11)20-7-4-10(5-8-20)12-9-13(15(17)21)22-19-12/h1-3,6,10,13,16H,4-5,7-9H2,(H2,17,21). The van der Waals surface area contributed by atoms with E-state index in [0.29, 0.717) is 23.9 Å². The van der Waals surface area contributed by atoms with Crippen LogP contribution in [0.4, 0.5) is 0 Å². The van der Waals surface area contributed by atoms with Gasteiger partial charge in [0.05, 0.1) is 5.71 Å². The normalized spacial score (nSPS) is 22.1. The van der Waals surface area contributed by atoms with Gasteiger partial charge in [0.2, 0.25) is 6.10 Å². The van der Waals surface area contributed by atoms with Crippen LogP contribution in [0.5, 0.6) is 0 Å². The number of primary amides is 1. The van der Waals surface area contributed by atoms with Gasteiger partial charge in [-0.15, -0.1) is 0 Å². The monoisotopic (exact) mass is 301 g/mol. The third-order valence-electron chi connectivity index (χ3n) is 4.20. The summed E-state index contributed by atoms with van der Waals surface area (Å²) in [4.78, 5) is 22.4. The smallest absolute Gasteiger partial charge is 0.261 e. The molecule has 0 aromatic carbocycles. The van der Waals surface area contributed by atoms with E-state index in [-0.39, 0.29) is 0 Å². The van der Waals surface area contributed by atoms with Gasteiger partial charge in [-0.2, -0.15) is 0 Å². The van der Waals surface area contributed by atoms with E-state index >= 15 is 0 Å². The van der Waals surface area contributed by atoms with E-state index in [0.717, 1.165) is 31.6 Å². The quantitative estimate of drug-likeness (QED) is 0.635. The molecule has 2 aliphatic rings. The van der Waals surface area contributed by atoms with E-state index < -0.39 is 12.0 Å². The average molecular weight is 301 g/mol. The lowest BCUT2D eigenvalue weighted by Crippen LogP contribution is -2.40. The fourth-order valence-electron chi connectivity index (χ4n) is 2.89. The lowest BCUT2D eigenvalue weighted by atomic mass is 9.89. The summed E-state index contributed by atoms with van der Waals surface area (Å²) in [6.07, 6.45) is 3.37. The number of aromatic nitrogens is 1. The Morgan fingerprint density at radius 2 is 2.14 bits per heavy atom. The van der Waals surface area contributed by atoms with Crippen LogP contribution in [0, 0.1) is 11.3 Å². The van der Waals surface area contributed by atoms with Crippen LogP contribution in [0.2, 0.25) is 0 Å². The number of amides is 1. The second kappa shape index (κ2) is 6.13. The van der Waals surface area contributed by atoms with Gasteiger partial charge >= 0.3 is 0 Å². The Hall–Kier alpha value is -2.44. The largest absolute Gasteiger partial charge is 0.382 e. The summed E-state index contributed by atoms with van der Waals surface area (Å²) in [7, 11) is 0. The van der Waals surface area contributed by atoms with Crippen LogP contribution in [0.1, 0.15) is 25.0 Å². The van der Waals surface area contributed by atoms with Gasteiger partial charge in [0, 0.05) is 31.6 Å². The number of oxime groups is 1. The number of amidine groups is 1. The molecule has 0 radical (unpaired) electrons. The fraction of sp³-hybridized carbons (Fsp3) is 0.467. The Kier molecular flexibility index (Phi) is 4.04. The number of likely N-dealkylation sites (tertiary alicyclic amines) is 1. The predicted octanol–water partition coefficient (Wildman–Crippen LogP) is 0.749. The van der Waals surface area contributed by atoms with Crippen molar-refractivity contribution in [2.24, 2.45) is 16.8 Å². The minimum atomic E-state index is -0.611. The zero-order chi connectivity index (χ0) is 15.5. The highest BCUT2D eigenvalue weighted by Crippen LogP contribution is 2.25. The van der Waals surface area contributed by atoms with E-state index in [2.05, 4.69) is 10.1 Å². The van der Waals surface area contributed by atoms with Crippen LogP contribution >= 0.6 is 0 Å². The molecule has 1 fully saturated rings. The molecule has 22 heavy (non-hydrogen) atoms. The summed E-state index contributed by atoms with van der Waals surface area (Å²) in [5, 5.41) is 12.3. The zero-order valence-electron chi connectivity index (χ0n) is 12.2. The number of nitrogens with two attached hydrogens (primary N) is 1. The topological polar surface area (TPSA) is 105 Å². The molecule has 7 nitrogen and oxygen atoms in total. The van der Waals surface area contributed by atoms with E-state index in [1.54, 1.807) is 6.20 Å². The Bertz CT molecular complexity index is 593. The molecule has 0 spiro atoms. The van der Waals surface area contributed by atoms with Crippen LogP contribution in [0.25, 0.3) is 0 Å². The molecule has 1 saturated heterocycles. The molecule has 1 atom stereocenters. The molecule has 116 valence electrons. The van der Waals surface area contributed by atoms with Crippen molar-refractivity contribution in [2.45, 2.75) is 25.4 Å². The number of nitrogens with one attached hydrogen (secondary N) is 1. The minimum absolute atomic E-state index is 0.303. The predicted molar refractivity (Wildman–Crippen MR) is 81.5 cm³/mol. The number of hydrogen-bond acceptors (Lipinski definition) is 5. The summed E-state index contributed by atoms with van der Waals surface area (Å²) in [5.74, 6) is 0.295. The maximum atomic E-state index is 11.1. The molecule has 0 aliphatic carbocycles. The molecule has 3 heterocycles. The number of piperidine rings is 1. The first-order valence-electron chi connectivity index (χ1n) is 7.42. The highest BCUT2D eigenvalue weighted by molar-refractivity contribution is 5.95. The second-order valence-corrected chi connectivity index (χ2v) is 5.61. The molecule has 2 aliphatic heterocycles. The van der Waals surface area contributed by atoms with Crippen molar-refractivity contribution in [1.82, 2.24) is 9.88 Å². The van der Waals surface area contributed by atoms with Crippen molar-refractivity contribution >= 4 is 17.5 Å². The van der Waals surface area contributed by atoms with Gasteiger partial charge in [-0.05, 0) is 25.0 Å². The summed E-state index contributed by atoms with van der Waals surface area (Å²) in [6.45, 7) is 1.56. The van der Waals surface area contributed by atoms with Crippen molar-refractivity contribution in [1.29, 1.82) is 5.41 Å². The Labute approximate surface area is 128 Å². The first-order valence-corrected chi connectivity index (χ1v) is 7.42. The maximum absolute atomic E-state index is 11.1. The highest BCUT2D eigenvalue weighted by Gasteiger charge is 2.33. The van der Waals surface area contributed by atoms with Crippen molar-refractivity contribution in [3.63, 3.8) is 0 Å². The highest BCUT2D eigenvalue weighted by atomic mass is 16.6. The average Bonchev–Trinajstić information content (AvgIpc) is 3.05. The first kappa shape index (κ1) is 14.5. The van der Waals surface area contributed by atoms with E-state index in [9.17, 15) is 4.79 Å². The van der Waals surface area contributed by atoms with Gasteiger partial charge in [-0.25, -0.2) is 0 Å². The number of pyridine rings is 1. The molecule has 3 rings (SSSR count). The molecule has 0 saturated carbocycles. The van der Waals surface area contributed by atoms with Crippen LogP contribution in [-0.4, -0.2) is 46.5 Å². The molecule has 1 unspecified atom stereocenters. The molecule has 1 amide bonds. The zero-order valence-corrected chi connectivity index (χ0v) is 12.2. The van der Waals surface area contributed by atoms with Crippen LogP contribution in [0.3, 0.4) is 0 Å². The summed E-state index contributed by atoms with van der Waals surface area (Å²) in [6, 6.07) is 5.58. The molecular formula is C15H19N5O2. The van der Waals surface area contributed by atoms with E-state index in [1.807, 2.05) is 23.1 Å². The van der Waals surface area contributed by atoms with Gasteiger partial charge in [-0.3, -0.25) is 15.2 Å². The lowest BCUT2D eigenvalue weighted by molar-refractivity contribution is -0.127. The number of rotatable bonds is 3. The maximum Gasteiger partial charge on any atom is 0.261 e. The second-order valence-electron chi connectivity index (χ2n) is 5.61.